The molecule has 3 heterocycles. The van der Waals surface area contributed by atoms with Crippen LogP contribution in [0.2, 0.25) is 0 Å². The fourth-order valence-corrected chi connectivity index (χ4v) is 10.2. The van der Waals surface area contributed by atoms with E-state index in [1.54, 1.807) is 0 Å². The number of pyridine rings is 1. The third-order valence-electron chi connectivity index (χ3n) is 13.0. The van der Waals surface area contributed by atoms with E-state index in [-0.39, 0.29) is 0 Å². The van der Waals surface area contributed by atoms with Crippen molar-refractivity contribution in [3.05, 3.63) is 241 Å². The zero-order chi connectivity index (χ0) is 42.2. The van der Waals surface area contributed by atoms with Crippen molar-refractivity contribution in [2.24, 2.45) is 0 Å². The predicted molar refractivity (Wildman–Crippen MR) is 257 cm³/mol. The number of ether oxygens (including phenoxy) is 1. The van der Waals surface area contributed by atoms with Gasteiger partial charge in [-0.05, 0) is 51.6 Å². The van der Waals surface area contributed by atoms with Gasteiger partial charge in [0.1, 0.15) is 11.5 Å². The molecular formula is C59H36N4O. The first kappa shape index (κ1) is 36.1. The van der Waals surface area contributed by atoms with Crippen molar-refractivity contribution in [3.8, 4) is 79.2 Å². The van der Waals surface area contributed by atoms with Gasteiger partial charge in [-0.2, -0.15) is 0 Å². The van der Waals surface area contributed by atoms with Crippen molar-refractivity contribution >= 4 is 21.7 Å². The minimum atomic E-state index is -0.560. The Bertz CT molecular complexity index is 3540. The van der Waals surface area contributed by atoms with Crippen LogP contribution in [0.5, 0.6) is 11.5 Å². The van der Waals surface area contributed by atoms with E-state index < -0.39 is 5.41 Å². The number of hydrogen-bond donors (Lipinski definition) is 0. The Morgan fingerprint density at radius 3 is 1.52 bits per heavy atom. The summed E-state index contributed by atoms with van der Waals surface area (Å²) < 4.78 is 7.17. The lowest BCUT2D eigenvalue weighted by Crippen LogP contribution is -2.32. The van der Waals surface area contributed by atoms with Crippen molar-refractivity contribution in [2.75, 3.05) is 0 Å². The smallest absolute Gasteiger partial charge is 0.164 e. The Balaban J connectivity index is 0.953. The maximum absolute atomic E-state index is 7.17. The fraction of sp³-hybridized carbons (Fsp3) is 0.0169. The van der Waals surface area contributed by atoms with Gasteiger partial charge in [-0.1, -0.05) is 200 Å². The number of rotatable bonds is 5. The molecule has 2 aromatic heterocycles. The van der Waals surface area contributed by atoms with Crippen LogP contribution in [0.4, 0.5) is 0 Å². The van der Waals surface area contributed by atoms with E-state index in [9.17, 15) is 0 Å². The monoisotopic (exact) mass is 816 g/mol. The quantitative estimate of drug-likeness (QED) is 0.162. The standard InChI is InChI=1S/C59H36N4O/c1-3-16-38(17-4-1)56-61-57(39-18-5-2-6-19-39)63-58(62-56)40-32-30-37(31-33-40)41-20-15-21-42(36-41)54-46-34-35-50-55(53(46)45-24-9-13-28-51(45)60-54)64-52-29-14-12-27-49(52)59(50)47-25-10-7-22-43(47)44-23-8-11-26-48(44)59/h1-36H. The Labute approximate surface area is 370 Å². The van der Waals surface area contributed by atoms with Crippen LogP contribution >= 0.6 is 0 Å². The molecule has 5 nitrogen and oxygen atoms in total. The third kappa shape index (κ3) is 5.44. The zero-order valence-corrected chi connectivity index (χ0v) is 34.5. The molecule has 1 aliphatic heterocycles. The van der Waals surface area contributed by atoms with Gasteiger partial charge in [0.05, 0.1) is 16.6 Å². The molecule has 0 unspecified atom stereocenters. The molecule has 2 aliphatic rings. The molecule has 0 saturated carbocycles. The molecule has 13 rings (SSSR count). The first-order valence-corrected chi connectivity index (χ1v) is 21.6. The highest BCUT2D eigenvalue weighted by molar-refractivity contribution is 6.15. The van der Waals surface area contributed by atoms with Crippen LogP contribution in [0.1, 0.15) is 22.3 Å². The number of benzene rings is 9. The van der Waals surface area contributed by atoms with E-state index in [0.29, 0.717) is 17.5 Å². The van der Waals surface area contributed by atoms with Crippen LogP contribution in [0.15, 0.2) is 218 Å². The molecule has 0 atom stereocenters. The highest BCUT2D eigenvalue weighted by atomic mass is 16.5. The average Bonchev–Trinajstić information content (AvgIpc) is 3.67. The Morgan fingerprint density at radius 1 is 0.328 bits per heavy atom. The van der Waals surface area contributed by atoms with E-state index in [2.05, 4.69) is 158 Å². The number of aromatic nitrogens is 4. The van der Waals surface area contributed by atoms with Crippen LogP contribution in [-0.4, -0.2) is 19.9 Å². The van der Waals surface area contributed by atoms with Crippen molar-refractivity contribution in [1.82, 2.24) is 19.9 Å². The molecule has 64 heavy (non-hydrogen) atoms. The zero-order valence-electron chi connectivity index (χ0n) is 34.5. The van der Waals surface area contributed by atoms with E-state index in [1.165, 1.54) is 22.3 Å². The lowest BCUT2D eigenvalue weighted by molar-refractivity contribution is 0.442. The second-order valence-electron chi connectivity index (χ2n) is 16.5. The number of fused-ring (bicyclic) bond motifs is 13. The summed E-state index contributed by atoms with van der Waals surface area (Å²) >= 11 is 0. The summed E-state index contributed by atoms with van der Waals surface area (Å²) in [5, 5.41) is 3.16. The molecule has 0 saturated heterocycles. The van der Waals surface area contributed by atoms with Crippen LogP contribution in [0, 0.1) is 0 Å². The van der Waals surface area contributed by atoms with E-state index >= 15 is 0 Å². The van der Waals surface area contributed by atoms with Crippen molar-refractivity contribution in [1.29, 1.82) is 0 Å². The van der Waals surface area contributed by atoms with E-state index in [0.717, 1.165) is 83.4 Å². The summed E-state index contributed by atoms with van der Waals surface area (Å²) in [5.74, 6) is 3.64. The summed E-state index contributed by atoms with van der Waals surface area (Å²) in [4.78, 5) is 20.2. The largest absolute Gasteiger partial charge is 0.456 e. The van der Waals surface area contributed by atoms with Crippen LogP contribution in [-0.2, 0) is 5.41 Å². The Kier molecular flexibility index (Phi) is 8.06. The highest BCUT2D eigenvalue weighted by Crippen LogP contribution is 2.63. The van der Waals surface area contributed by atoms with Crippen LogP contribution in [0.25, 0.3) is 89.4 Å². The molecule has 5 heteroatoms. The van der Waals surface area contributed by atoms with E-state index in [4.69, 9.17) is 24.7 Å². The minimum Gasteiger partial charge on any atom is -0.456 e. The molecule has 1 spiro atoms. The first-order valence-electron chi connectivity index (χ1n) is 21.6. The molecule has 0 amide bonds. The van der Waals surface area contributed by atoms with Gasteiger partial charge in [-0.25, -0.2) is 19.9 Å². The summed E-state index contributed by atoms with van der Waals surface area (Å²) in [6.45, 7) is 0. The maximum atomic E-state index is 7.17. The van der Waals surface area contributed by atoms with Gasteiger partial charge in [0.15, 0.2) is 17.5 Å². The van der Waals surface area contributed by atoms with Gasteiger partial charge in [-0.15, -0.1) is 0 Å². The summed E-state index contributed by atoms with van der Waals surface area (Å²) in [6, 6.07) is 76.7. The van der Waals surface area contributed by atoms with Crippen LogP contribution < -0.4 is 4.74 Å². The maximum Gasteiger partial charge on any atom is 0.164 e. The summed E-state index contributed by atoms with van der Waals surface area (Å²) in [6.07, 6.45) is 0. The lowest BCUT2D eigenvalue weighted by atomic mass is 9.65. The first-order chi connectivity index (χ1) is 31.7. The molecular weight excluding hydrogens is 781 g/mol. The summed E-state index contributed by atoms with van der Waals surface area (Å²) in [7, 11) is 0. The molecule has 298 valence electrons. The lowest BCUT2D eigenvalue weighted by Gasteiger charge is -2.40. The van der Waals surface area contributed by atoms with Crippen molar-refractivity contribution in [2.45, 2.75) is 5.41 Å². The molecule has 0 bridgehead atoms. The van der Waals surface area contributed by atoms with Crippen molar-refractivity contribution < 1.29 is 4.74 Å². The fourth-order valence-electron chi connectivity index (χ4n) is 10.2. The highest BCUT2D eigenvalue weighted by Gasteiger charge is 2.51. The molecule has 0 N–H and O–H groups in total. The van der Waals surface area contributed by atoms with Gasteiger partial charge in [-0.3, -0.25) is 0 Å². The van der Waals surface area contributed by atoms with Crippen LogP contribution in [0.3, 0.4) is 0 Å². The average molecular weight is 817 g/mol. The molecule has 9 aromatic carbocycles. The summed E-state index contributed by atoms with van der Waals surface area (Å²) in [5.41, 5.74) is 14.6. The predicted octanol–water partition coefficient (Wildman–Crippen LogP) is 14.4. The molecule has 11 aromatic rings. The van der Waals surface area contributed by atoms with Gasteiger partial charge in [0.2, 0.25) is 0 Å². The van der Waals surface area contributed by atoms with Gasteiger partial charge in [0.25, 0.3) is 0 Å². The topological polar surface area (TPSA) is 60.8 Å². The third-order valence-corrected chi connectivity index (χ3v) is 13.0. The Hall–Kier alpha value is -8.54. The Morgan fingerprint density at radius 2 is 0.844 bits per heavy atom. The number of hydrogen-bond acceptors (Lipinski definition) is 5. The SMILES string of the molecule is c1ccc(-c2nc(-c3ccccc3)nc(-c3ccc(-c4cccc(-c5nc6ccccc6c6c7c(ccc56)C5(c6ccccc6O7)c6ccccc6-c6ccccc65)c4)cc3)n2)cc1. The van der Waals surface area contributed by atoms with Gasteiger partial charge in [0, 0.05) is 49.5 Å². The van der Waals surface area contributed by atoms with Gasteiger partial charge >= 0.3 is 0 Å². The number of para-hydroxylation sites is 2. The second-order valence-corrected chi connectivity index (χ2v) is 16.5. The molecule has 1 aliphatic carbocycles. The van der Waals surface area contributed by atoms with E-state index in [1.807, 2.05) is 60.7 Å². The number of nitrogens with zero attached hydrogens (tertiary/aromatic N) is 4. The van der Waals surface area contributed by atoms with Gasteiger partial charge < -0.3 is 4.74 Å². The van der Waals surface area contributed by atoms with Crippen molar-refractivity contribution in [3.63, 3.8) is 0 Å². The minimum absolute atomic E-state index is 0.560. The second kappa shape index (κ2) is 14.3. The normalized spacial score (nSPS) is 12.9. The molecule has 0 radical (unpaired) electrons. The molecule has 0 fully saturated rings.